The van der Waals surface area contributed by atoms with E-state index in [4.69, 9.17) is 4.74 Å². The Morgan fingerprint density at radius 2 is 1.35 bits per heavy atom. The molecule has 0 saturated heterocycles. The molecule has 0 unspecified atom stereocenters. The molecule has 2 aromatic carbocycles. The fourth-order valence-electron chi connectivity index (χ4n) is 2.38. The standard InChI is InChI=1S/C15H12N2O6/c18-10-23-9-13(11-5-1-3-7-14(11)16(19)20)12-6-2-4-8-15(12)17(21)22/h1-8,10,13H,9H2. The average molecular weight is 316 g/mol. The van der Waals surface area contributed by atoms with Gasteiger partial charge in [0.25, 0.3) is 17.8 Å². The number of rotatable bonds is 7. The summed E-state index contributed by atoms with van der Waals surface area (Å²) < 4.78 is 4.75. The van der Waals surface area contributed by atoms with Crippen molar-refractivity contribution in [3.05, 3.63) is 79.9 Å². The number of benzene rings is 2. The third-order valence-corrected chi connectivity index (χ3v) is 3.35. The smallest absolute Gasteiger partial charge is 0.293 e. The molecule has 0 saturated carbocycles. The van der Waals surface area contributed by atoms with Crippen molar-refractivity contribution in [1.82, 2.24) is 0 Å². The molecule has 8 nitrogen and oxygen atoms in total. The molecule has 8 heteroatoms. The summed E-state index contributed by atoms with van der Waals surface area (Å²) >= 11 is 0. The van der Waals surface area contributed by atoms with E-state index in [-0.39, 0.29) is 35.6 Å². The van der Waals surface area contributed by atoms with Crippen LogP contribution in [0.5, 0.6) is 0 Å². The van der Waals surface area contributed by atoms with Crippen molar-refractivity contribution < 1.29 is 19.4 Å². The highest BCUT2D eigenvalue weighted by Gasteiger charge is 2.29. The molecule has 0 atom stereocenters. The first-order valence-electron chi connectivity index (χ1n) is 6.58. The molecular formula is C15H12N2O6. The van der Waals surface area contributed by atoms with Gasteiger partial charge in [-0.15, -0.1) is 0 Å². The summed E-state index contributed by atoms with van der Waals surface area (Å²) in [7, 11) is 0. The minimum atomic E-state index is -0.816. The number of nitro groups is 2. The van der Waals surface area contributed by atoms with Gasteiger partial charge in [-0.25, -0.2) is 0 Å². The van der Waals surface area contributed by atoms with Gasteiger partial charge in [0.15, 0.2) is 0 Å². The molecule has 0 aromatic heterocycles. The second kappa shape index (κ2) is 7.12. The van der Waals surface area contributed by atoms with Crippen LogP contribution in [-0.4, -0.2) is 22.9 Å². The van der Waals surface area contributed by atoms with Gasteiger partial charge in [0.05, 0.1) is 15.8 Å². The van der Waals surface area contributed by atoms with E-state index in [0.29, 0.717) is 0 Å². The summed E-state index contributed by atoms with van der Waals surface area (Å²) in [5, 5.41) is 22.4. The summed E-state index contributed by atoms with van der Waals surface area (Å²) in [4.78, 5) is 31.8. The highest BCUT2D eigenvalue weighted by molar-refractivity contribution is 5.53. The van der Waals surface area contributed by atoms with Gasteiger partial charge < -0.3 is 4.74 Å². The quantitative estimate of drug-likeness (QED) is 0.441. The number of nitro benzene ring substituents is 2. The van der Waals surface area contributed by atoms with Gasteiger partial charge in [-0.1, -0.05) is 36.4 Å². The summed E-state index contributed by atoms with van der Waals surface area (Å²) in [6, 6.07) is 11.8. The second-order valence-electron chi connectivity index (χ2n) is 4.61. The van der Waals surface area contributed by atoms with Crippen molar-refractivity contribution in [2.75, 3.05) is 6.61 Å². The molecule has 2 rings (SSSR count). The fraction of sp³-hybridized carbons (Fsp3) is 0.133. The average Bonchev–Trinajstić information content (AvgIpc) is 2.55. The van der Waals surface area contributed by atoms with Crippen molar-refractivity contribution in [2.45, 2.75) is 5.92 Å². The Balaban J connectivity index is 2.62. The predicted octanol–water partition coefficient (Wildman–Crippen LogP) is 2.81. The molecule has 0 aliphatic carbocycles. The number of hydrogen-bond acceptors (Lipinski definition) is 6. The van der Waals surface area contributed by atoms with Crippen LogP contribution in [0.3, 0.4) is 0 Å². The first-order valence-corrected chi connectivity index (χ1v) is 6.58. The van der Waals surface area contributed by atoms with Gasteiger partial charge in [-0.3, -0.25) is 25.0 Å². The lowest BCUT2D eigenvalue weighted by atomic mass is 9.89. The number of para-hydroxylation sites is 2. The first kappa shape index (κ1) is 16.1. The Morgan fingerprint density at radius 1 is 0.913 bits per heavy atom. The van der Waals surface area contributed by atoms with E-state index in [1.165, 1.54) is 36.4 Å². The van der Waals surface area contributed by atoms with E-state index in [0.717, 1.165) is 0 Å². The highest BCUT2D eigenvalue weighted by atomic mass is 16.6. The van der Waals surface area contributed by atoms with E-state index in [9.17, 15) is 25.0 Å². The lowest BCUT2D eigenvalue weighted by molar-refractivity contribution is -0.386. The number of ether oxygens (including phenoxy) is 1. The van der Waals surface area contributed by atoms with Gasteiger partial charge in [0, 0.05) is 23.3 Å². The molecule has 0 aliphatic heterocycles. The SMILES string of the molecule is O=COCC(c1ccccc1[N+](=O)[O-])c1ccccc1[N+](=O)[O-]. The Morgan fingerprint density at radius 3 is 1.74 bits per heavy atom. The zero-order valence-corrected chi connectivity index (χ0v) is 11.8. The molecule has 0 fully saturated rings. The van der Waals surface area contributed by atoms with Gasteiger partial charge in [-0.05, 0) is 0 Å². The zero-order valence-electron chi connectivity index (χ0n) is 11.8. The van der Waals surface area contributed by atoms with Crippen LogP contribution in [0.15, 0.2) is 48.5 Å². The molecular weight excluding hydrogens is 304 g/mol. The Hall–Kier alpha value is -3.29. The van der Waals surface area contributed by atoms with Crippen LogP contribution in [0.25, 0.3) is 0 Å². The Bertz CT molecular complexity index is 689. The highest BCUT2D eigenvalue weighted by Crippen LogP contribution is 2.36. The molecule has 0 bridgehead atoms. The van der Waals surface area contributed by atoms with Crippen LogP contribution in [0.4, 0.5) is 11.4 Å². The lowest BCUT2D eigenvalue weighted by Crippen LogP contribution is -2.13. The molecule has 0 spiro atoms. The Labute approximate surface area is 130 Å². The summed E-state index contributed by atoms with van der Waals surface area (Å²) in [6.07, 6.45) is 0. The number of hydrogen-bond donors (Lipinski definition) is 0. The third kappa shape index (κ3) is 3.49. The van der Waals surface area contributed by atoms with Crippen molar-refractivity contribution in [3.63, 3.8) is 0 Å². The lowest BCUT2D eigenvalue weighted by Gasteiger charge is -2.16. The molecule has 0 N–H and O–H groups in total. The monoisotopic (exact) mass is 316 g/mol. The van der Waals surface area contributed by atoms with Crippen molar-refractivity contribution in [1.29, 1.82) is 0 Å². The second-order valence-corrected chi connectivity index (χ2v) is 4.61. The predicted molar refractivity (Wildman–Crippen MR) is 80.1 cm³/mol. The van der Waals surface area contributed by atoms with E-state index in [2.05, 4.69) is 0 Å². The largest absolute Gasteiger partial charge is 0.467 e. The van der Waals surface area contributed by atoms with E-state index in [1.54, 1.807) is 12.1 Å². The number of nitrogens with zero attached hydrogens (tertiary/aromatic N) is 2. The maximum absolute atomic E-state index is 11.2. The van der Waals surface area contributed by atoms with Crippen LogP contribution < -0.4 is 0 Å². The number of carbonyl (C=O) groups excluding carboxylic acids is 1. The third-order valence-electron chi connectivity index (χ3n) is 3.35. The van der Waals surface area contributed by atoms with Crippen LogP contribution >= 0.6 is 0 Å². The van der Waals surface area contributed by atoms with E-state index >= 15 is 0 Å². The maximum Gasteiger partial charge on any atom is 0.293 e. The first-order chi connectivity index (χ1) is 11.1. The number of carbonyl (C=O) groups is 1. The molecule has 0 heterocycles. The molecule has 23 heavy (non-hydrogen) atoms. The fourth-order valence-corrected chi connectivity index (χ4v) is 2.38. The zero-order chi connectivity index (χ0) is 16.8. The van der Waals surface area contributed by atoms with Crippen molar-refractivity contribution in [3.8, 4) is 0 Å². The van der Waals surface area contributed by atoms with Crippen LogP contribution in [0, 0.1) is 20.2 Å². The maximum atomic E-state index is 11.2. The molecule has 118 valence electrons. The molecule has 2 aromatic rings. The van der Waals surface area contributed by atoms with Crippen LogP contribution in [-0.2, 0) is 9.53 Å². The minimum absolute atomic E-state index is 0.190. The topological polar surface area (TPSA) is 113 Å². The van der Waals surface area contributed by atoms with Gasteiger partial charge in [0.1, 0.15) is 6.61 Å². The summed E-state index contributed by atoms with van der Waals surface area (Å²) in [5.41, 5.74) is 0.109. The Kier molecular flexibility index (Phi) is 4.98. The van der Waals surface area contributed by atoms with Crippen molar-refractivity contribution >= 4 is 17.8 Å². The van der Waals surface area contributed by atoms with Gasteiger partial charge >= 0.3 is 0 Å². The normalized spacial score (nSPS) is 10.3. The molecule has 0 radical (unpaired) electrons. The summed E-state index contributed by atoms with van der Waals surface area (Å²) in [5.74, 6) is -0.816. The van der Waals surface area contributed by atoms with E-state index in [1.807, 2.05) is 0 Å². The van der Waals surface area contributed by atoms with E-state index < -0.39 is 15.8 Å². The molecule has 0 amide bonds. The van der Waals surface area contributed by atoms with Crippen LogP contribution in [0.2, 0.25) is 0 Å². The minimum Gasteiger partial charge on any atom is -0.467 e. The molecule has 0 aliphatic rings. The van der Waals surface area contributed by atoms with Crippen LogP contribution in [0.1, 0.15) is 17.0 Å². The summed E-state index contributed by atoms with van der Waals surface area (Å²) in [6.45, 7) is -0.0320. The van der Waals surface area contributed by atoms with Crippen molar-refractivity contribution in [2.24, 2.45) is 0 Å². The van der Waals surface area contributed by atoms with Gasteiger partial charge in [0.2, 0.25) is 0 Å². The van der Waals surface area contributed by atoms with Gasteiger partial charge in [-0.2, -0.15) is 0 Å².